The standard InChI is InChI=1S/C13H23NO4S/c1-11-9-19(17,18)8-7-14(11)10-13(12(15)16)5-3-2-4-6-13/h11H,2-10H2,1H3,(H,15,16). The predicted octanol–water partition coefficient (Wildman–Crippen LogP) is 1.14. The number of carboxylic acid groups (broad SMARTS) is 1. The predicted molar refractivity (Wildman–Crippen MR) is 72.8 cm³/mol. The molecule has 1 unspecified atom stereocenters. The zero-order chi connectivity index (χ0) is 14.1. The molecule has 5 nitrogen and oxygen atoms in total. The Hall–Kier alpha value is -0.620. The third kappa shape index (κ3) is 3.28. The van der Waals surface area contributed by atoms with E-state index in [1.165, 1.54) is 0 Å². The molecule has 0 radical (unpaired) electrons. The van der Waals surface area contributed by atoms with Crippen molar-refractivity contribution in [3.63, 3.8) is 0 Å². The SMILES string of the molecule is CC1CS(=O)(=O)CCN1CC1(C(=O)O)CCCCC1. The van der Waals surface area contributed by atoms with E-state index in [1.807, 2.05) is 6.92 Å². The van der Waals surface area contributed by atoms with Gasteiger partial charge >= 0.3 is 5.97 Å². The number of aliphatic carboxylic acids is 1. The summed E-state index contributed by atoms with van der Waals surface area (Å²) in [7, 11) is -2.93. The lowest BCUT2D eigenvalue weighted by Crippen LogP contribution is -2.53. The van der Waals surface area contributed by atoms with Crippen molar-refractivity contribution in [2.24, 2.45) is 5.41 Å². The molecular formula is C13H23NO4S. The summed E-state index contributed by atoms with van der Waals surface area (Å²) < 4.78 is 23.1. The topological polar surface area (TPSA) is 74.7 Å². The van der Waals surface area contributed by atoms with Crippen LogP contribution in [0.15, 0.2) is 0 Å². The zero-order valence-corrected chi connectivity index (χ0v) is 12.3. The second-order valence-corrected chi connectivity index (χ2v) is 8.31. The maximum atomic E-state index is 11.6. The van der Waals surface area contributed by atoms with E-state index in [1.54, 1.807) is 0 Å². The molecule has 0 aromatic heterocycles. The van der Waals surface area contributed by atoms with Gasteiger partial charge in [0.05, 0.1) is 16.9 Å². The van der Waals surface area contributed by atoms with E-state index in [0.717, 1.165) is 32.1 Å². The van der Waals surface area contributed by atoms with Crippen molar-refractivity contribution in [2.45, 2.75) is 45.1 Å². The molecule has 6 heteroatoms. The third-order valence-corrected chi connectivity index (χ3v) is 6.37. The van der Waals surface area contributed by atoms with Crippen LogP contribution in [-0.4, -0.2) is 55.0 Å². The van der Waals surface area contributed by atoms with Crippen LogP contribution in [0.25, 0.3) is 0 Å². The van der Waals surface area contributed by atoms with E-state index in [9.17, 15) is 18.3 Å². The number of hydrogen-bond acceptors (Lipinski definition) is 4. The fourth-order valence-electron chi connectivity index (χ4n) is 3.32. The maximum absolute atomic E-state index is 11.6. The Morgan fingerprint density at radius 2 is 1.95 bits per heavy atom. The first-order chi connectivity index (χ1) is 8.85. The number of nitrogens with zero attached hydrogens (tertiary/aromatic N) is 1. The highest BCUT2D eigenvalue weighted by atomic mass is 32.2. The van der Waals surface area contributed by atoms with Crippen LogP contribution in [0.5, 0.6) is 0 Å². The Morgan fingerprint density at radius 1 is 1.32 bits per heavy atom. The fraction of sp³-hybridized carbons (Fsp3) is 0.923. The number of rotatable bonds is 3. The van der Waals surface area contributed by atoms with E-state index < -0.39 is 21.2 Å². The summed E-state index contributed by atoms with van der Waals surface area (Å²) in [4.78, 5) is 13.7. The van der Waals surface area contributed by atoms with E-state index in [-0.39, 0.29) is 17.5 Å². The highest BCUT2D eigenvalue weighted by Gasteiger charge is 2.43. The smallest absolute Gasteiger partial charge is 0.310 e. The van der Waals surface area contributed by atoms with Crippen LogP contribution in [0, 0.1) is 5.41 Å². The Labute approximate surface area is 114 Å². The summed E-state index contributed by atoms with van der Waals surface area (Å²) >= 11 is 0. The minimum Gasteiger partial charge on any atom is -0.481 e. The molecule has 1 heterocycles. The highest BCUT2D eigenvalue weighted by molar-refractivity contribution is 7.91. The van der Waals surface area contributed by atoms with Gasteiger partial charge in [-0.3, -0.25) is 9.69 Å². The van der Waals surface area contributed by atoms with Crippen LogP contribution in [0.3, 0.4) is 0 Å². The second-order valence-electron chi connectivity index (χ2n) is 6.08. The van der Waals surface area contributed by atoms with Crippen LogP contribution >= 0.6 is 0 Å². The summed E-state index contributed by atoms with van der Waals surface area (Å²) in [5.41, 5.74) is -0.659. The Morgan fingerprint density at radius 3 is 2.47 bits per heavy atom. The molecule has 0 amide bonds. The fourth-order valence-corrected chi connectivity index (χ4v) is 4.95. The van der Waals surface area contributed by atoms with Crippen LogP contribution in [0.4, 0.5) is 0 Å². The first kappa shape index (κ1) is 14.8. The van der Waals surface area contributed by atoms with Crippen molar-refractivity contribution in [3.8, 4) is 0 Å². The Kier molecular flexibility index (Phi) is 4.20. The van der Waals surface area contributed by atoms with Crippen LogP contribution in [-0.2, 0) is 14.6 Å². The molecule has 0 bridgehead atoms. The van der Waals surface area contributed by atoms with Crippen LogP contribution in [0.1, 0.15) is 39.0 Å². The van der Waals surface area contributed by atoms with Gasteiger partial charge in [-0.25, -0.2) is 8.42 Å². The number of hydrogen-bond donors (Lipinski definition) is 1. The van der Waals surface area contributed by atoms with Gasteiger partial charge in [-0.2, -0.15) is 0 Å². The minimum atomic E-state index is -2.93. The average Bonchev–Trinajstić information content (AvgIpc) is 2.33. The molecule has 0 spiro atoms. The second kappa shape index (κ2) is 5.40. The van der Waals surface area contributed by atoms with E-state index in [0.29, 0.717) is 13.1 Å². The summed E-state index contributed by atoms with van der Waals surface area (Å²) in [6, 6.07) is -0.0723. The van der Waals surface area contributed by atoms with E-state index >= 15 is 0 Å². The molecule has 2 aliphatic rings. The number of carboxylic acids is 1. The van der Waals surface area contributed by atoms with Crippen molar-refractivity contribution >= 4 is 15.8 Å². The van der Waals surface area contributed by atoms with E-state index in [2.05, 4.69) is 4.90 Å². The van der Waals surface area contributed by atoms with Gasteiger partial charge in [0.15, 0.2) is 9.84 Å². The van der Waals surface area contributed by atoms with Crippen molar-refractivity contribution < 1.29 is 18.3 Å². The molecular weight excluding hydrogens is 266 g/mol. The van der Waals surface area contributed by atoms with Gasteiger partial charge in [0.1, 0.15) is 0 Å². The van der Waals surface area contributed by atoms with Gasteiger partial charge < -0.3 is 5.11 Å². The molecule has 0 aromatic rings. The van der Waals surface area contributed by atoms with Gasteiger partial charge in [-0.15, -0.1) is 0 Å². The molecule has 1 atom stereocenters. The molecule has 2 rings (SSSR count). The lowest BCUT2D eigenvalue weighted by atomic mass is 9.73. The monoisotopic (exact) mass is 289 g/mol. The molecule has 1 aliphatic heterocycles. The highest BCUT2D eigenvalue weighted by Crippen LogP contribution is 2.38. The number of sulfone groups is 1. The van der Waals surface area contributed by atoms with Gasteiger partial charge in [-0.1, -0.05) is 19.3 Å². The van der Waals surface area contributed by atoms with E-state index in [4.69, 9.17) is 0 Å². The zero-order valence-electron chi connectivity index (χ0n) is 11.5. The van der Waals surface area contributed by atoms with Gasteiger partial charge in [-0.05, 0) is 19.8 Å². The normalized spacial score (nSPS) is 30.9. The van der Waals surface area contributed by atoms with Crippen molar-refractivity contribution in [1.82, 2.24) is 4.90 Å². The maximum Gasteiger partial charge on any atom is 0.310 e. The van der Waals surface area contributed by atoms with Gasteiger partial charge in [0.2, 0.25) is 0 Å². The van der Waals surface area contributed by atoms with Crippen molar-refractivity contribution in [2.75, 3.05) is 24.6 Å². The molecule has 1 saturated heterocycles. The first-order valence-electron chi connectivity index (χ1n) is 7.03. The molecule has 1 saturated carbocycles. The number of carbonyl (C=O) groups is 1. The summed E-state index contributed by atoms with van der Waals surface area (Å²) in [6.45, 7) is 2.85. The first-order valence-corrected chi connectivity index (χ1v) is 8.85. The van der Waals surface area contributed by atoms with Gasteiger partial charge in [0, 0.05) is 19.1 Å². The average molecular weight is 289 g/mol. The third-order valence-electron chi connectivity index (χ3n) is 4.58. The molecule has 1 aliphatic carbocycles. The Balaban J connectivity index is 2.08. The minimum absolute atomic E-state index is 0.0723. The Bertz CT molecular complexity index is 440. The lowest BCUT2D eigenvalue weighted by Gasteiger charge is -2.41. The summed E-state index contributed by atoms with van der Waals surface area (Å²) in [5.74, 6) is -0.400. The molecule has 110 valence electrons. The van der Waals surface area contributed by atoms with Crippen LogP contribution in [0.2, 0.25) is 0 Å². The molecule has 19 heavy (non-hydrogen) atoms. The van der Waals surface area contributed by atoms with Gasteiger partial charge in [0.25, 0.3) is 0 Å². The summed E-state index contributed by atoms with van der Waals surface area (Å²) in [6.07, 6.45) is 4.48. The molecule has 0 aromatic carbocycles. The summed E-state index contributed by atoms with van der Waals surface area (Å²) in [5, 5.41) is 9.56. The molecule has 1 N–H and O–H groups in total. The lowest BCUT2D eigenvalue weighted by molar-refractivity contribution is -0.152. The van der Waals surface area contributed by atoms with Crippen LogP contribution < -0.4 is 0 Å². The quantitative estimate of drug-likeness (QED) is 0.843. The van der Waals surface area contributed by atoms with Crippen molar-refractivity contribution in [3.05, 3.63) is 0 Å². The molecule has 2 fully saturated rings. The van der Waals surface area contributed by atoms with Crippen molar-refractivity contribution in [1.29, 1.82) is 0 Å². The largest absolute Gasteiger partial charge is 0.481 e.